The number of hydrogen-bond donors (Lipinski definition) is 1. The number of anilines is 1. The van der Waals surface area contributed by atoms with E-state index in [2.05, 4.69) is 40.3 Å². The Balaban J connectivity index is 1.90. The van der Waals surface area contributed by atoms with Crippen molar-refractivity contribution in [2.24, 2.45) is 0 Å². The molecule has 1 aliphatic heterocycles. The molecule has 0 fully saturated rings. The summed E-state index contributed by atoms with van der Waals surface area (Å²) < 4.78 is 5.37. The van der Waals surface area contributed by atoms with Crippen LogP contribution < -0.4 is 10.1 Å². The number of thiophene rings is 1. The third-order valence-electron chi connectivity index (χ3n) is 3.21. The first-order valence-electron chi connectivity index (χ1n) is 6.46. The molecule has 3 nitrogen and oxygen atoms in total. The van der Waals surface area contributed by atoms with Gasteiger partial charge in [0.05, 0.1) is 10.5 Å². The predicted molar refractivity (Wildman–Crippen MR) is 85.0 cm³/mol. The summed E-state index contributed by atoms with van der Waals surface area (Å²) in [6, 6.07) is 10.2. The van der Waals surface area contributed by atoms with E-state index in [1.807, 2.05) is 29.5 Å². The molecule has 0 aliphatic carbocycles. The van der Waals surface area contributed by atoms with Crippen molar-refractivity contribution in [3.8, 4) is 5.75 Å². The number of halogens is 1. The topological polar surface area (TPSA) is 38.3 Å². The van der Waals surface area contributed by atoms with E-state index in [9.17, 15) is 4.79 Å². The molecule has 1 aromatic carbocycles. The Morgan fingerprint density at radius 2 is 2.25 bits per heavy atom. The molecular weight excluding hydrogens is 338 g/mol. The molecule has 0 saturated carbocycles. The lowest BCUT2D eigenvalue weighted by Gasteiger charge is -2.19. The molecule has 104 valence electrons. The summed E-state index contributed by atoms with van der Waals surface area (Å²) in [5.74, 6) is 0.624. The zero-order valence-electron chi connectivity index (χ0n) is 11.0. The lowest BCUT2D eigenvalue weighted by molar-refractivity contribution is -0.118. The summed E-state index contributed by atoms with van der Waals surface area (Å²) in [6.45, 7) is 2.25. The molecule has 2 heterocycles. The maximum Gasteiger partial charge on any atom is 0.262 e. The zero-order valence-corrected chi connectivity index (χ0v) is 13.4. The molecule has 0 spiro atoms. The number of benzene rings is 1. The first-order chi connectivity index (χ1) is 9.67. The van der Waals surface area contributed by atoms with Crippen LogP contribution in [0.5, 0.6) is 5.75 Å². The van der Waals surface area contributed by atoms with E-state index < -0.39 is 0 Å². The van der Waals surface area contributed by atoms with Gasteiger partial charge >= 0.3 is 0 Å². The van der Waals surface area contributed by atoms with E-state index in [0.717, 1.165) is 23.4 Å². The fourth-order valence-corrected chi connectivity index (χ4v) is 3.82. The van der Waals surface area contributed by atoms with Crippen LogP contribution in [0, 0.1) is 0 Å². The third kappa shape index (κ3) is 2.60. The molecule has 1 aliphatic rings. The lowest BCUT2D eigenvalue weighted by atomic mass is 10.1. The Morgan fingerprint density at radius 3 is 3.00 bits per heavy atom. The predicted octanol–water partition coefficient (Wildman–Crippen LogP) is 4.13. The van der Waals surface area contributed by atoms with Crippen LogP contribution >= 0.6 is 27.3 Å². The monoisotopic (exact) mass is 351 g/mol. The number of carbonyl (C=O) groups is 1. The number of ether oxygens (including phenoxy) is 1. The van der Waals surface area contributed by atoms with Crippen molar-refractivity contribution < 1.29 is 9.53 Å². The highest BCUT2D eigenvalue weighted by Crippen LogP contribution is 2.39. The number of amides is 1. The van der Waals surface area contributed by atoms with Gasteiger partial charge in [-0.2, -0.15) is 0 Å². The molecule has 1 N–H and O–H groups in total. The second-order valence-electron chi connectivity index (χ2n) is 4.61. The van der Waals surface area contributed by atoms with Crippen molar-refractivity contribution in [3.63, 3.8) is 0 Å². The Kier molecular flexibility index (Phi) is 3.81. The fraction of sp³-hybridized carbons (Fsp3) is 0.267. The number of nitrogens with one attached hydrogen (secondary N) is 1. The van der Waals surface area contributed by atoms with Gasteiger partial charge in [-0.25, -0.2) is 0 Å². The summed E-state index contributed by atoms with van der Waals surface area (Å²) in [5.41, 5.74) is 1.86. The molecule has 1 amide bonds. The number of alkyl halides is 1. The van der Waals surface area contributed by atoms with Crippen LogP contribution in [0.15, 0.2) is 30.3 Å². The number of carbonyl (C=O) groups excluding carboxylic acids is 1. The largest absolute Gasteiger partial charge is 0.482 e. The van der Waals surface area contributed by atoms with Gasteiger partial charge in [-0.3, -0.25) is 4.79 Å². The standard InChI is InChI=1S/C15H14BrNO2S/c1-2-10-4-6-13(20-10)15(16)9-3-5-12-11(7-9)17-14(18)8-19-12/h3-7,15H,2,8H2,1H3,(H,17,18). The average Bonchev–Trinajstić information content (AvgIpc) is 2.94. The first-order valence-corrected chi connectivity index (χ1v) is 8.20. The molecule has 20 heavy (non-hydrogen) atoms. The minimum Gasteiger partial charge on any atom is -0.482 e. The number of fused-ring (bicyclic) bond motifs is 1. The van der Waals surface area contributed by atoms with E-state index in [1.54, 1.807) is 0 Å². The van der Waals surface area contributed by atoms with Crippen LogP contribution in [0.3, 0.4) is 0 Å². The summed E-state index contributed by atoms with van der Waals surface area (Å²) in [6.07, 6.45) is 1.05. The lowest BCUT2D eigenvalue weighted by Crippen LogP contribution is -2.25. The quantitative estimate of drug-likeness (QED) is 0.844. The molecule has 5 heteroatoms. The van der Waals surface area contributed by atoms with Crippen LogP contribution in [0.2, 0.25) is 0 Å². The van der Waals surface area contributed by atoms with Gasteiger partial charge in [-0.15, -0.1) is 11.3 Å². The summed E-state index contributed by atoms with van der Waals surface area (Å²) >= 11 is 5.54. The van der Waals surface area contributed by atoms with E-state index in [-0.39, 0.29) is 17.3 Å². The second kappa shape index (κ2) is 5.58. The van der Waals surface area contributed by atoms with Gasteiger partial charge in [-0.05, 0) is 36.2 Å². The van der Waals surface area contributed by atoms with Crippen molar-refractivity contribution in [2.45, 2.75) is 18.2 Å². The third-order valence-corrected chi connectivity index (χ3v) is 5.83. The summed E-state index contributed by atoms with van der Waals surface area (Å²) in [4.78, 5) is 14.2. The number of rotatable bonds is 3. The van der Waals surface area contributed by atoms with Crippen LogP contribution in [0.25, 0.3) is 0 Å². The van der Waals surface area contributed by atoms with Crippen LogP contribution in [-0.2, 0) is 11.2 Å². The molecule has 3 rings (SSSR count). The maximum absolute atomic E-state index is 11.4. The van der Waals surface area contributed by atoms with Crippen molar-refractivity contribution in [2.75, 3.05) is 11.9 Å². The second-order valence-corrected chi connectivity index (χ2v) is 6.73. The van der Waals surface area contributed by atoms with Crippen LogP contribution in [0.4, 0.5) is 5.69 Å². The molecule has 1 unspecified atom stereocenters. The number of hydrogen-bond acceptors (Lipinski definition) is 3. The van der Waals surface area contributed by atoms with Gasteiger partial charge in [0.25, 0.3) is 5.91 Å². The summed E-state index contributed by atoms with van der Waals surface area (Å²) in [7, 11) is 0. The first kappa shape index (κ1) is 13.6. The highest BCUT2D eigenvalue weighted by atomic mass is 79.9. The van der Waals surface area contributed by atoms with Crippen molar-refractivity contribution in [3.05, 3.63) is 45.6 Å². The Labute approximate surface area is 130 Å². The van der Waals surface area contributed by atoms with Gasteiger partial charge in [0.1, 0.15) is 5.75 Å². The highest BCUT2D eigenvalue weighted by Gasteiger charge is 2.19. The van der Waals surface area contributed by atoms with Crippen molar-refractivity contribution in [1.29, 1.82) is 0 Å². The van der Waals surface area contributed by atoms with E-state index in [1.165, 1.54) is 9.75 Å². The molecule has 0 saturated heterocycles. The Bertz CT molecular complexity index is 653. The molecular formula is C15H14BrNO2S. The van der Waals surface area contributed by atoms with Gasteiger partial charge in [0.15, 0.2) is 6.61 Å². The Hall–Kier alpha value is -1.33. The van der Waals surface area contributed by atoms with E-state index in [4.69, 9.17) is 4.74 Å². The van der Waals surface area contributed by atoms with Gasteiger partial charge in [-0.1, -0.05) is 28.9 Å². The van der Waals surface area contributed by atoms with Crippen molar-refractivity contribution >= 4 is 38.9 Å². The molecule has 0 radical (unpaired) electrons. The molecule has 1 aromatic heterocycles. The average molecular weight is 352 g/mol. The molecule has 2 aromatic rings. The van der Waals surface area contributed by atoms with Crippen molar-refractivity contribution in [1.82, 2.24) is 0 Å². The normalized spacial score (nSPS) is 15.2. The maximum atomic E-state index is 11.4. The smallest absolute Gasteiger partial charge is 0.262 e. The molecule has 0 bridgehead atoms. The number of aryl methyl sites for hydroxylation is 1. The summed E-state index contributed by atoms with van der Waals surface area (Å²) in [5, 5.41) is 2.84. The van der Waals surface area contributed by atoms with Crippen LogP contribution in [-0.4, -0.2) is 12.5 Å². The van der Waals surface area contributed by atoms with Gasteiger partial charge in [0.2, 0.25) is 0 Å². The van der Waals surface area contributed by atoms with Crippen LogP contribution in [0.1, 0.15) is 27.1 Å². The minimum absolute atomic E-state index is 0.0921. The van der Waals surface area contributed by atoms with Gasteiger partial charge in [0, 0.05) is 9.75 Å². The van der Waals surface area contributed by atoms with E-state index in [0.29, 0.717) is 0 Å². The Morgan fingerprint density at radius 1 is 1.40 bits per heavy atom. The van der Waals surface area contributed by atoms with E-state index >= 15 is 0 Å². The zero-order chi connectivity index (χ0) is 14.1. The fourth-order valence-electron chi connectivity index (χ4n) is 2.14. The molecule has 1 atom stereocenters. The SMILES string of the molecule is CCc1ccc(C(Br)c2ccc3c(c2)NC(=O)CO3)s1. The minimum atomic E-state index is -0.106. The van der Waals surface area contributed by atoms with Gasteiger partial charge < -0.3 is 10.1 Å². The highest BCUT2D eigenvalue weighted by molar-refractivity contribution is 9.09.